The predicted octanol–water partition coefficient (Wildman–Crippen LogP) is -22.5. The largest absolute Gasteiger partial charge is 1.00 e. The third kappa shape index (κ3) is 32.9. The summed E-state index contributed by atoms with van der Waals surface area (Å²) in [7, 11) is 0. The first-order valence-electron chi connectivity index (χ1n) is 4.53. The molecule has 180 valence electrons. The summed E-state index contributed by atoms with van der Waals surface area (Å²) in [6, 6.07) is 0. The van der Waals surface area contributed by atoms with E-state index in [-0.39, 0.29) is 211 Å². The molecule has 0 aliphatic heterocycles. The average Bonchev–Trinajstić information content (AvgIpc) is 2.34. The van der Waals surface area contributed by atoms with Crippen LogP contribution in [0.5, 0.6) is 0 Å². The van der Waals surface area contributed by atoms with Crippen LogP contribution < -0.4 is 162 Å². The van der Waals surface area contributed by atoms with Crippen molar-refractivity contribution in [3.8, 4) is 0 Å². The Morgan fingerprint density at radius 2 is 0.677 bits per heavy atom. The molecule has 0 aliphatic carbocycles. The number of aliphatic hydroxyl groups excluding tert-OH is 4. The molecule has 0 fully saturated rings. The van der Waals surface area contributed by atoms with Crippen LogP contribution in [0.15, 0.2) is 0 Å². The van der Waals surface area contributed by atoms with E-state index in [1.54, 1.807) is 0 Å². The van der Waals surface area contributed by atoms with Gasteiger partial charge in [-0.1, -0.05) is 0 Å². The molecule has 0 aliphatic rings. The molecular weight excluding hydrogens is 524 g/mol. The average molecular weight is 554 g/mol. The topological polar surface area (TPSA) is 451 Å². The van der Waals surface area contributed by atoms with E-state index >= 15 is 0 Å². The van der Waals surface area contributed by atoms with E-state index < -0.39 is 48.3 Å². The first kappa shape index (κ1) is 84.0. The van der Waals surface area contributed by atoms with Gasteiger partial charge in [-0.05, 0) is 0 Å². The number of carboxylic acids is 2. The predicted molar refractivity (Wildman–Crippen MR) is 83.8 cm³/mol. The minimum Gasteiger partial charge on any atom is -1.00 e. The summed E-state index contributed by atoms with van der Waals surface area (Å²) in [5.41, 5.74) is 0. The molecule has 0 rings (SSSR count). The number of ether oxygens (including phenoxy) is 1. The zero-order valence-corrected chi connectivity index (χ0v) is 27.3. The molecule has 19 nitrogen and oxygen atoms in total. The fourth-order valence-corrected chi connectivity index (χ4v) is 0.748. The Balaban J connectivity index is -0.0000000135. The maximum Gasteiger partial charge on any atom is 1.00 e. The number of aliphatic hydroxyl groups is 4. The van der Waals surface area contributed by atoms with Crippen LogP contribution in [-0.2, 0) is 23.9 Å². The van der Waals surface area contributed by atoms with Crippen LogP contribution in [0.25, 0.3) is 0 Å². The Morgan fingerprint density at radius 1 is 0.516 bits per heavy atom. The van der Waals surface area contributed by atoms with Gasteiger partial charge in [0.05, 0.1) is 0 Å². The number of hydrogen-bond donors (Lipinski definition) is 6. The van der Waals surface area contributed by atoms with E-state index in [4.69, 9.17) is 30.6 Å². The van der Waals surface area contributed by atoms with E-state index in [1.807, 2.05) is 0 Å². The number of hydrogen-bond acceptors (Lipinski definition) is 9. The van der Waals surface area contributed by atoms with Gasteiger partial charge in [0.2, 0.25) is 0 Å². The number of esters is 2. The van der Waals surface area contributed by atoms with Gasteiger partial charge in [-0.3, -0.25) is 0 Å². The molecule has 0 radical (unpaired) electrons. The molecule has 0 spiro atoms. The van der Waals surface area contributed by atoms with Crippen molar-refractivity contribution in [1.29, 1.82) is 0 Å². The van der Waals surface area contributed by atoms with Crippen molar-refractivity contribution >= 4 is 23.9 Å². The Morgan fingerprint density at radius 3 is 0.806 bits per heavy atom. The van der Waals surface area contributed by atoms with Crippen molar-refractivity contribution in [3.63, 3.8) is 0 Å². The van der Waals surface area contributed by atoms with Gasteiger partial charge in [0, 0.05) is 0 Å². The fourth-order valence-electron chi connectivity index (χ4n) is 0.748. The summed E-state index contributed by atoms with van der Waals surface area (Å²) in [6.45, 7) is 0. The number of carbonyl (C=O) groups is 4. The van der Waals surface area contributed by atoms with Crippen LogP contribution in [-0.4, -0.2) is 123 Å². The van der Waals surface area contributed by atoms with Crippen LogP contribution in [0.1, 0.15) is 5.71 Å². The van der Waals surface area contributed by atoms with Gasteiger partial charge < -0.3 is 84.9 Å². The van der Waals surface area contributed by atoms with Crippen LogP contribution in [0.3, 0.4) is 0 Å². The van der Waals surface area contributed by atoms with Gasteiger partial charge in [-0.2, -0.15) is 0 Å². The number of carboxylic acid groups (broad SMARTS) is 2. The second kappa shape index (κ2) is 43.0. The molecule has 0 aromatic heterocycles. The molecule has 0 amide bonds. The molecule has 31 heavy (non-hydrogen) atoms. The maximum atomic E-state index is 10.9. The maximum absolute atomic E-state index is 10.9. The first-order valence-corrected chi connectivity index (χ1v) is 4.53. The molecule has 0 saturated carbocycles. The van der Waals surface area contributed by atoms with Gasteiger partial charge >= 0.3 is 186 Å². The minimum atomic E-state index is -2.63. The van der Waals surface area contributed by atoms with Gasteiger partial charge in [0.25, 0.3) is 0 Å². The van der Waals surface area contributed by atoms with Crippen LogP contribution in [0.2, 0.25) is 0 Å². The first-order chi connectivity index (χ1) is 8.59. The molecule has 22 N–H and O–H groups in total. The summed E-state index contributed by atoms with van der Waals surface area (Å²) < 4.78 is 3.69. The molecule has 0 aromatic rings. The van der Waals surface area contributed by atoms with Crippen LogP contribution >= 0.6 is 0 Å². The summed E-state index contributed by atoms with van der Waals surface area (Å²) >= 11 is 0. The van der Waals surface area contributed by atoms with Crippen molar-refractivity contribution in [2.45, 2.75) is 24.4 Å². The summed E-state index contributed by atoms with van der Waals surface area (Å²) in [5, 5.41) is 51.8. The second-order valence-electron chi connectivity index (χ2n) is 3.20. The Hall–Kier alpha value is 2.87. The molecule has 0 heterocycles. The summed E-state index contributed by atoms with van der Waals surface area (Å²) in [5.74, 6) is -7.83. The van der Waals surface area contributed by atoms with E-state index in [9.17, 15) is 19.2 Å². The Kier molecular flexibility index (Phi) is 116. The molecule has 0 aromatic carbocycles. The number of rotatable bonds is 6. The van der Waals surface area contributed by atoms with Crippen molar-refractivity contribution in [3.05, 3.63) is 0 Å². The number of aliphatic carboxylic acids is 2. The standard InChI is InChI=1S/C8H10O11.2K.2Na.8H2O.4H/c9-1(5(13)14)3(11)7(17)19-8(18)4(12)2(10)6(15)16;;;;;;;;;;;;;;;;/h1-4,9-12H,(H,13,14)(H,15,16);;;;;8*1H2;;;;/q;4*+1;;;;;;;;;4*-1. The summed E-state index contributed by atoms with van der Waals surface area (Å²) in [4.78, 5) is 42.3. The smallest absolute Gasteiger partial charge is 1.00 e. The van der Waals surface area contributed by atoms with E-state index in [1.165, 1.54) is 0 Å². The van der Waals surface area contributed by atoms with E-state index in [0.717, 1.165) is 0 Å². The summed E-state index contributed by atoms with van der Waals surface area (Å²) in [6.07, 6.45) is -10.4. The van der Waals surface area contributed by atoms with Gasteiger partial charge in [-0.15, -0.1) is 0 Å². The van der Waals surface area contributed by atoms with Crippen molar-refractivity contribution in [2.24, 2.45) is 0 Å². The Bertz CT molecular complexity index is 396. The van der Waals surface area contributed by atoms with E-state index in [0.29, 0.717) is 0 Å². The van der Waals surface area contributed by atoms with Gasteiger partial charge in [-0.25, -0.2) is 19.2 Å². The quantitative estimate of drug-likeness (QED) is 0.102. The van der Waals surface area contributed by atoms with Crippen LogP contribution in [0, 0.1) is 0 Å². The molecule has 4 atom stereocenters. The zero-order valence-electron chi connectivity index (χ0n) is 21.0. The Labute approximate surface area is 308 Å². The molecule has 0 saturated heterocycles. The van der Waals surface area contributed by atoms with E-state index in [2.05, 4.69) is 4.74 Å². The minimum absolute atomic E-state index is 0. The number of carbonyl (C=O) groups excluding carboxylic acids is 2. The monoisotopic (exact) mass is 554 g/mol. The van der Waals surface area contributed by atoms with Crippen molar-refractivity contribution in [2.75, 3.05) is 0 Å². The SMILES string of the molecule is O.O.O.O.O.O.O.O.O=C(O)C(O)C(O)C(=O)OC(=O)C(O)C(O)C(=O)O.[H-].[H-].[H-].[H-].[K+].[K+].[Na+].[Na+]. The van der Waals surface area contributed by atoms with Crippen molar-refractivity contribution in [1.82, 2.24) is 0 Å². The third-order valence-corrected chi connectivity index (χ3v) is 1.79. The molecule has 23 heteroatoms. The third-order valence-electron chi connectivity index (χ3n) is 1.79. The molecule has 4 unspecified atom stereocenters. The van der Waals surface area contributed by atoms with Gasteiger partial charge in [0.15, 0.2) is 24.4 Å². The van der Waals surface area contributed by atoms with Crippen molar-refractivity contribution < 1.29 is 266 Å². The van der Waals surface area contributed by atoms with Crippen LogP contribution in [0.4, 0.5) is 0 Å². The second-order valence-corrected chi connectivity index (χ2v) is 3.20. The van der Waals surface area contributed by atoms with Gasteiger partial charge in [0.1, 0.15) is 0 Å². The molecular formula is C8H30K2Na2O19. The molecule has 0 bridgehead atoms. The zero-order chi connectivity index (χ0) is 15.3. The normalized spacial score (nSPS) is 10.3. The fraction of sp³-hybridized carbons (Fsp3) is 0.500.